The molecule has 4 nitrogen and oxygen atoms in total. The molecule has 0 unspecified atom stereocenters. The first-order valence-electron chi connectivity index (χ1n) is 4.60. The zero-order valence-corrected chi connectivity index (χ0v) is 10.9. The number of halogens is 2. The van der Waals surface area contributed by atoms with Gasteiger partial charge in [0.25, 0.3) is 0 Å². The molecular weight excluding hydrogens is 237 g/mol. The minimum atomic E-state index is 0. The fourth-order valence-corrected chi connectivity index (χ4v) is 0.780. The van der Waals surface area contributed by atoms with E-state index in [2.05, 4.69) is 9.97 Å². The third-order valence-corrected chi connectivity index (χ3v) is 1.36. The average molecular weight is 258 g/mol. The quantitative estimate of drug-likeness (QED) is 0.865. The minimum absolute atomic E-state index is 0. The van der Waals surface area contributed by atoms with Crippen molar-refractivity contribution in [2.24, 2.45) is 5.73 Å². The molecule has 0 bridgehead atoms. The molecule has 0 fully saturated rings. The van der Waals surface area contributed by atoms with Crippen molar-refractivity contribution in [3.05, 3.63) is 18.2 Å². The van der Waals surface area contributed by atoms with E-state index in [-0.39, 0.29) is 24.8 Å². The van der Waals surface area contributed by atoms with Crippen LogP contribution in [0.15, 0.2) is 12.5 Å². The van der Waals surface area contributed by atoms with Crippen LogP contribution < -0.4 is 5.73 Å². The van der Waals surface area contributed by atoms with Gasteiger partial charge in [0.1, 0.15) is 0 Å². The predicted octanol–water partition coefficient (Wildman–Crippen LogP) is 1.80. The van der Waals surface area contributed by atoms with Gasteiger partial charge < -0.3 is 15.5 Å². The summed E-state index contributed by atoms with van der Waals surface area (Å²) < 4.78 is 4.83. The van der Waals surface area contributed by atoms with E-state index in [1.165, 1.54) is 0 Å². The molecule has 3 N–H and O–H groups in total. The van der Waals surface area contributed by atoms with Crippen molar-refractivity contribution in [2.45, 2.75) is 20.3 Å². The van der Waals surface area contributed by atoms with Gasteiger partial charge in [-0.15, -0.1) is 24.8 Å². The lowest BCUT2D eigenvalue weighted by Gasteiger charge is -1.86. The Morgan fingerprint density at radius 2 is 1.93 bits per heavy atom. The number of imidazole rings is 1. The van der Waals surface area contributed by atoms with Crippen molar-refractivity contribution in [3.8, 4) is 0 Å². The SMILES string of the molecule is CCOCC.Cl.Cl.NCCc1c[nH]cn1. The highest BCUT2D eigenvalue weighted by molar-refractivity contribution is 5.85. The maximum absolute atomic E-state index is 5.27. The van der Waals surface area contributed by atoms with Crippen molar-refractivity contribution in [2.75, 3.05) is 19.8 Å². The van der Waals surface area contributed by atoms with Crippen molar-refractivity contribution in [1.29, 1.82) is 0 Å². The molecule has 0 spiro atoms. The maximum atomic E-state index is 5.27. The normalized spacial score (nSPS) is 7.93. The Morgan fingerprint density at radius 3 is 2.20 bits per heavy atom. The van der Waals surface area contributed by atoms with Crippen LogP contribution in [0, 0.1) is 0 Å². The number of nitrogens with one attached hydrogen (secondary N) is 1. The number of aromatic nitrogens is 2. The summed E-state index contributed by atoms with van der Waals surface area (Å²) in [5.41, 5.74) is 6.30. The van der Waals surface area contributed by atoms with Crippen LogP contribution >= 0.6 is 24.8 Å². The van der Waals surface area contributed by atoms with Gasteiger partial charge in [-0.1, -0.05) is 0 Å². The highest BCUT2D eigenvalue weighted by Crippen LogP contribution is 1.88. The first-order chi connectivity index (χ1) is 6.35. The van der Waals surface area contributed by atoms with Gasteiger partial charge in [-0.05, 0) is 20.4 Å². The second-order valence-electron chi connectivity index (χ2n) is 2.38. The van der Waals surface area contributed by atoms with E-state index in [0.29, 0.717) is 6.54 Å². The van der Waals surface area contributed by atoms with Gasteiger partial charge in [0, 0.05) is 25.8 Å². The van der Waals surface area contributed by atoms with Crippen molar-refractivity contribution >= 4 is 24.8 Å². The van der Waals surface area contributed by atoms with Crippen LogP contribution in [0.5, 0.6) is 0 Å². The molecule has 6 heteroatoms. The van der Waals surface area contributed by atoms with Crippen LogP contribution in [-0.2, 0) is 11.2 Å². The number of rotatable bonds is 4. The number of nitrogens with two attached hydrogens (primary N) is 1. The van der Waals surface area contributed by atoms with E-state index >= 15 is 0 Å². The topological polar surface area (TPSA) is 63.9 Å². The summed E-state index contributed by atoms with van der Waals surface area (Å²) in [7, 11) is 0. The Kier molecular flexibility index (Phi) is 21.7. The largest absolute Gasteiger partial charge is 0.382 e. The van der Waals surface area contributed by atoms with Crippen molar-refractivity contribution in [1.82, 2.24) is 9.97 Å². The number of hydrogen-bond acceptors (Lipinski definition) is 3. The highest BCUT2D eigenvalue weighted by Gasteiger charge is 1.87. The summed E-state index contributed by atoms with van der Waals surface area (Å²) >= 11 is 0. The fourth-order valence-electron chi connectivity index (χ4n) is 0.780. The molecule has 92 valence electrons. The van der Waals surface area contributed by atoms with E-state index in [1.807, 2.05) is 20.0 Å². The molecule has 0 radical (unpaired) electrons. The molecule has 1 heterocycles. The first-order valence-corrected chi connectivity index (χ1v) is 4.60. The van der Waals surface area contributed by atoms with Gasteiger partial charge in [0.05, 0.1) is 12.0 Å². The first kappa shape index (κ1) is 20.2. The summed E-state index contributed by atoms with van der Waals surface area (Å²) in [5, 5.41) is 0. The molecule has 1 aromatic heterocycles. The Balaban J connectivity index is -0.000000185. The standard InChI is InChI=1S/C5H9N3.C4H10O.2ClH/c6-2-1-5-3-7-4-8-5;1-3-5-4-2;;/h3-4H,1-2,6H2,(H,7,8);3-4H2,1-2H3;2*1H. The molecule has 0 aliphatic rings. The number of nitrogens with zero attached hydrogens (tertiary/aromatic N) is 1. The smallest absolute Gasteiger partial charge is 0.0923 e. The lowest BCUT2D eigenvalue weighted by molar-refractivity contribution is 0.162. The molecule has 0 aromatic carbocycles. The number of aromatic amines is 1. The number of ether oxygens (including phenoxy) is 1. The van der Waals surface area contributed by atoms with Crippen LogP contribution in [0.1, 0.15) is 19.5 Å². The molecule has 1 aromatic rings. The molecule has 0 amide bonds. The summed E-state index contributed by atoms with van der Waals surface area (Å²) in [6.45, 7) is 6.34. The second kappa shape index (κ2) is 16.2. The van der Waals surface area contributed by atoms with Crippen LogP contribution in [0.3, 0.4) is 0 Å². The Hall–Kier alpha value is -0.290. The van der Waals surface area contributed by atoms with E-state index in [0.717, 1.165) is 25.3 Å². The van der Waals surface area contributed by atoms with Crippen molar-refractivity contribution in [3.63, 3.8) is 0 Å². The third kappa shape index (κ3) is 13.7. The molecule has 0 aliphatic carbocycles. The average Bonchev–Trinajstić information content (AvgIpc) is 2.60. The maximum Gasteiger partial charge on any atom is 0.0923 e. The Labute approximate surface area is 104 Å². The van der Waals surface area contributed by atoms with Crippen LogP contribution in [0.25, 0.3) is 0 Å². The predicted molar refractivity (Wildman–Crippen MR) is 68.0 cm³/mol. The number of hydrogen-bond donors (Lipinski definition) is 2. The van der Waals surface area contributed by atoms with E-state index in [1.54, 1.807) is 6.33 Å². The summed E-state index contributed by atoms with van der Waals surface area (Å²) in [6.07, 6.45) is 4.38. The lowest BCUT2D eigenvalue weighted by Crippen LogP contribution is -2.02. The van der Waals surface area contributed by atoms with Crippen LogP contribution in [0.2, 0.25) is 0 Å². The van der Waals surface area contributed by atoms with Gasteiger partial charge in [0.15, 0.2) is 0 Å². The lowest BCUT2D eigenvalue weighted by atomic mass is 10.3. The Morgan fingerprint density at radius 1 is 1.33 bits per heavy atom. The van der Waals surface area contributed by atoms with Gasteiger partial charge in [-0.25, -0.2) is 4.98 Å². The molecule has 0 saturated carbocycles. The van der Waals surface area contributed by atoms with E-state index in [9.17, 15) is 0 Å². The van der Waals surface area contributed by atoms with Gasteiger partial charge >= 0.3 is 0 Å². The highest BCUT2D eigenvalue weighted by atomic mass is 35.5. The van der Waals surface area contributed by atoms with Gasteiger partial charge in [-0.3, -0.25) is 0 Å². The molecule has 0 atom stereocenters. The van der Waals surface area contributed by atoms with Gasteiger partial charge in [-0.2, -0.15) is 0 Å². The third-order valence-electron chi connectivity index (χ3n) is 1.36. The molecule has 0 saturated heterocycles. The summed E-state index contributed by atoms with van der Waals surface area (Å²) in [4.78, 5) is 6.82. The van der Waals surface area contributed by atoms with Gasteiger partial charge in [0.2, 0.25) is 0 Å². The monoisotopic (exact) mass is 257 g/mol. The second-order valence-corrected chi connectivity index (χ2v) is 2.38. The zero-order chi connectivity index (χ0) is 9.94. The zero-order valence-electron chi connectivity index (χ0n) is 9.23. The Bertz CT molecular complexity index is 181. The summed E-state index contributed by atoms with van der Waals surface area (Å²) in [6, 6.07) is 0. The molecule has 15 heavy (non-hydrogen) atoms. The van der Waals surface area contributed by atoms with E-state index in [4.69, 9.17) is 10.5 Å². The van der Waals surface area contributed by atoms with Crippen LogP contribution in [0.4, 0.5) is 0 Å². The minimum Gasteiger partial charge on any atom is -0.382 e. The molecule has 0 aliphatic heterocycles. The summed E-state index contributed by atoms with van der Waals surface area (Å²) in [5.74, 6) is 0. The van der Waals surface area contributed by atoms with Crippen LogP contribution in [-0.4, -0.2) is 29.7 Å². The van der Waals surface area contributed by atoms with E-state index < -0.39 is 0 Å². The number of H-pyrrole nitrogens is 1. The van der Waals surface area contributed by atoms with Crippen molar-refractivity contribution < 1.29 is 4.74 Å². The fraction of sp³-hybridized carbons (Fsp3) is 0.667. The molecule has 1 rings (SSSR count). The molecular formula is C9H21Cl2N3O.